The number of piperidine rings is 1. The molecule has 2 fully saturated rings. The van der Waals surface area contributed by atoms with Crippen LogP contribution in [0, 0.1) is 17.8 Å². The molecule has 5 aromatic rings. The summed E-state index contributed by atoms with van der Waals surface area (Å²) in [6, 6.07) is 9.61. The Morgan fingerprint density at radius 3 is 2.62 bits per heavy atom. The van der Waals surface area contributed by atoms with Gasteiger partial charge in [-0.2, -0.15) is 23.4 Å². The SMILES string of the molecule is CC(C)(C(=O)Nc1ccc(C(F)(F)F)cc1-n1cccn1)n1cc(C#CC2CN(c3ccc4oc5c(c4c3)CN(C3CCC(=O)NC3=O)C5=O)C2)cn1. The molecular weight excluding hydrogens is 693 g/mol. The monoisotopic (exact) mass is 724 g/mol. The Bertz CT molecular complexity index is 2380. The molecule has 53 heavy (non-hydrogen) atoms. The number of anilines is 2. The molecule has 0 saturated carbocycles. The van der Waals surface area contributed by atoms with E-state index < -0.39 is 35.1 Å². The number of rotatable bonds is 6. The first-order valence-corrected chi connectivity index (χ1v) is 16.8. The summed E-state index contributed by atoms with van der Waals surface area (Å²) >= 11 is 0. The highest BCUT2D eigenvalue weighted by atomic mass is 19.4. The van der Waals surface area contributed by atoms with Crippen LogP contribution in [0.5, 0.6) is 0 Å². The van der Waals surface area contributed by atoms with Crippen LogP contribution >= 0.6 is 0 Å². The van der Waals surface area contributed by atoms with E-state index >= 15 is 0 Å². The van der Waals surface area contributed by atoms with Gasteiger partial charge < -0.3 is 19.5 Å². The number of hydrogen-bond donors (Lipinski definition) is 2. The smallest absolute Gasteiger partial charge is 0.416 e. The molecule has 0 aliphatic carbocycles. The summed E-state index contributed by atoms with van der Waals surface area (Å²) < 4.78 is 49.0. The molecule has 4 amide bonds. The van der Waals surface area contributed by atoms with Gasteiger partial charge >= 0.3 is 6.18 Å². The quantitative estimate of drug-likeness (QED) is 0.193. The number of imide groups is 1. The third-order valence-corrected chi connectivity index (χ3v) is 9.85. The van der Waals surface area contributed by atoms with E-state index in [9.17, 15) is 32.3 Å². The van der Waals surface area contributed by atoms with Crippen molar-refractivity contribution in [1.29, 1.82) is 0 Å². The second-order valence-corrected chi connectivity index (χ2v) is 13.7. The first-order valence-electron chi connectivity index (χ1n) is 16.8. The number of nitrogens with zero attached hydrogens (tertiary/aromatic N) is 6. The van der Waals surface area contributed by atoms with Crippen molar-refractivity contribution in [3.05, 3.63) is 89.7 Å². The Morgan fingerprint density at radius 1 is 1.08 bits per heavy atom. The van der Waals surface area contributed by atoms with Gasteiger partial charge in [0.05, 0.1) is 41.2 Å². The molecule has 8 rings (SSSR count). The number of halogens is 3. The predicted molar refractivity (Wildman–Crippen MR) is 184 cm³/mol. The van der Waals surface area contributed by atoms with E-state index in [0.29, 0.717) is 24.2 Å². The zero-order chi connectivity index (χ0) is 37.2. The van der Waals surface area contributed by atoms with Gasteiger partial charge in [-0.1, -0.05) is 11.8 Å². The lowest BCUT2D eigenvalue weighted by Crippen LogP contribution is -2.52. The fourth-order valence-electron chi connectivity index (χ4n) is 6.72. The average Bonchev–Trinajstić information content (AvgIpc) is 3.91. The third-order valence-electron chi connectivity index (χ3n) is 9.85. The zero-order valence-electron chi connectivity index (χ0n) is 28.4. The molecule has 13 nitrogen and oxygen atoms in total. The standard InChI is InChI=1S/C37H31F3N8O5/c1-36(2,35(52)43-27-8-6-23(37(38,39)40)14-29(27)47-13-3-12-41-47)48-19-21(16-42-48)4-5-22-17-45(18-22)24-7-10-30-25(15-24)26-20-46(34(51)32(26)53-30)28-9-11-31(49)44-33(28)50/h3,6-8,10,12-16,19,22,28H,9,11,17-18,20H2,1-2H3,(H,43,52)(H,44,49,50). The largest absolute Gasteiger partial charge is 0.451 e. The Kier molecular flexibility index (Phi) is 7.89. The average molecular weight is 725 g/mol. The molecule has 2 aromatic carbocycles. The Labute approximate surface area is 299 Å². The Morgan fingerprint density at radius 2 is 1.89 bits per heavy atom. The first-order chi connectivity index (χ1) is 25.3. The topological polar surface area (TPSA) is 148 Å². The van der Waals surface area contributed by atoms with Gasteiger partial charge in [0, 0.05) is 54.7 Å². The molecule has 2 saturated heterocycles. The summed E-state index contributed by atoms with van der Waals surface area (Å²) in [6.45, 7) is 4.82. The van der Waals surface area contributed by atoms with E-state index in [0.717, 1.165) is 28.8 Å². The number of hydrogen-bond acceptors (Lipinski definition) is 8. The van der Waals surface area contributed by atoms with E-state index in [1.165, 1.54) is 32.7 Å². The molecule has 1 atom stereocenters. The molecule has 3 aliphatic heterocycles. The van der Waals surface area contributed by atoms with Crippen LogP contribution in [0.4, 0.5) is 24.5 Å². The molecule has 16 heteroatoms. The van der Waals surface area contributed by atoms with Gasteiger partial charge in [-0.3, -0.25) is 29.2 Å². The van der Waals surface area contributed by atoms with Gasteiger partial charge in [-0.05, 0) is 62.7 Å². The van der Waals surface area contributed by atoms with Crippen molar-refractivity contribution in [2.24, 2.45) is 5.92 Å². The van der Waals surface area contributed by atoms with Crippen LogP contribution < -0.4 is 15.5 Å². The van der Waals surface area contributed by atoms with Crippen molar-refractivity contribution in [3.8, 4) is 17.5 Å². The maximum absolute atomic E-state index is 13.5. The van der Waals surface area contributed by atoms with E-state index in [1.807, 2.05) is 18.2 Å². The number of fused-ring (bicyclic) bond motifs is 3. The summed E-state index contributed by atoms with van der Waals surface area (Å²) in [5.74, 6) is 4.98. The minimum absolute atomic E-state index is 0.0606. The van der Waals surface area contributed by atoms with Crippen LogP contribution in [0.3, 0.4) is 0 Å². The van der Waals surface area contributed by atoms with Gasteiger partial charge in [0.15, 0.2) is 5.76 Å². The Balaban J connectivity index is 0.916. The third kappa shape index (κ3) is 6.07. The Hall–Kier alpha value is -6.37. The van der Waals surface area contributed by atoms with Gasteiger partial charge in [-0.15, -0.1) is 0 Å². The summed E-state index contributed by atoms with van der Waals surface area (Å²) in [6.07, 6.45) is 1.99. The van der Waals surface area contributed by atoms with Gasteiger partial charge in [0.1, 0.15) is 17.2 Å². The van der Waals surface area contributed by atoms with Crippen molar-refractivity contribution in [1.82, 2.24) is 29.8 Å². The number of benzene rings is 2. The lowest BCUT2D eigenvalue weighted by Gasteiger charge is -2.38. The van der Waals surface area contributed by atoms with Crippen molar-refractivity contribution in [2.45, 2.75) is 51.0 Å². The normalized spacial score (nSPS) is 17.8. The van der Waals surface area contributed by atoms with Crippen molar-refractivity contribution >= 4 is 46.0 Å². The number of furan rings is 1. The first kappa shape index (κ1) is 33.8. The molecule has 2 N–H and O–H groups in total. The minimum Gasteiger partial charge on any atom is -0.451 e. The molecule has 270 valence electrons. The number of nitrogens with one attached hydrogen (secondary N) is 2. The fourth-order valence-corrected chi connectivity index (χ4v) is 6.72. The fraction of sp³-hybridized carbons (Fsp3) is 0.297. The minimum atomic E-state index is -4.57. The summed E-state index contributed by atoms with van der Waals surface area (Å²) in [4.78, 5) is 54.3. The van der Waals surface area contributed by atoms with Gasteiger partial charge in [0.25, 0.3) is 11.8 Å². The molecule has 0 bridgehead atoms. The molecule has 0 radical (unpaired) electrons. The maximum atomic E-state index is 13.5. The van der Waals surface area contributed by atoms with Gasteiger partial charge in [0.2, 0.25) is 11.8 Å². The highest BCUT2D eigenvalue weighted by Crippen LogP contribution is 2.38. The van der Waals surface area contributed by atoms with Crippen molar-refractivity contribution in [2.75, 3.05) is 23.3 Å². The van der Waals surface area contributed by atoms with Crippen LogP contribution in [0.25, 0.3) is 16.7 Å². The van der Waals surface area contributed by atoms with E-state index in [2.05, 4.69) is 37.6 Å². The van der Waals surface area contributed by atoms with Gasteiger partial charge in [-0.25, -0.2) is 4.68 Å². The molecule has 0 spiro atoms. The van der Waals surface area contributed by atoms with E-state index in [-0.39, 0.29) is 54.3 Å². The molecule has 3 aromatic heterocycles. The lowest BCUT2D eigenvalue weighted by atomic mass is 9.99. The summed E-state index contributed by atoms with van der Waals surface area (Å²) in [5.41, 5.74) is 0.957. The highest BCUT2D eigenvalue weighted by Gasteiger charge is 2.42. The zero-order valence-corrected chi connectivity index (χ0v) is 28.4. The molecule has 1 unspecified atom stereocenters. The van der Waals surface area contributed by atoms with Crippen molar-refractivity contribution < 1.29 is 36.8 Å². The predicted octanol–water partition coefficient (Wildman–Crippen LogP) is 4.46. The molecule has 3 aliphatic rings. The van der Waals surface area contributed by atoms with Crippen molar-refractivity contribution in [3.63, 3.8) is 0 Å². The number of aromatic nitrogens is 4. The second-order valence-electron chi connectivity index (χ2n) is 13.7. The van der Waals surface area contributed by atoms with E-state index in [1.54, 1.807) is 32.3 Å². The lowest BCUT2D eigenvalue weighted by molar-refractivity contribution is -0.138. The van der Waals surface area contributed by atoms with Crippen LogP contribution in [0.15, 0.2) is 71.7 Å². The van der Waals surface area contributed by atoms with E-state index in [4.69, 9.17) is 4.42 Å². The number of amides is 4. The second kappa shape index (κ2) is 12.4. The van der Waals surface area contributed by atoms with Crippen LogP contribution in [0.1, 0.15) is 53.9 Å². The van der Waals surface area contributed by atoms with Crippen LogP contribution in [0.2, 0.25) is 0 Å². The maximum Gasteiger partial charge on any atom is 0.416 e. The molecular formula is C37H31F3N8O5. The summed E-state index contributed by atoms with van der Waals surface area (Å²) in [7, 11) is 0. The van der Waals surface area contributed by atoms with Crippen LogP contribution in [-0.4, -0.2) is 67.2 Å². The number of carbonyl (C=O) groups is 4. The number of carbonyl (C=O) groups excluding carboxylic acids is 4. The highest BCUT2D eigenvalue weighted by molar-refractivity contribution is 6.07. The number of alkyl halides is 3. The summed E-state index contributed by atoms with van der Waals surface area (Å²) in [5, 5.41) is 14.2. The molecule has 6 heterocycles. The van der Waals surface area contributed by atoms with Crippen LogP contribution in [-0.2, 0) is 32.6 Å².